The van der Waals surface area contributed by atoms with Gasteiger partial charge in [-0.25, -0.2) is 0 Å². The number of nitrogens with two attached hydrogens (primary N) is 1. The molecule has 2 N–H and O–H groups in total. The predicted molar refractivity (Wildman–Crippen MR) is 61.4 cm³/mol. The third kappa shape index (κ3) is 1.71. The van der Waals surface area contributed by atoms with Gasteiger partial charge in [0, 0.05) is 17.8 Å². The van der Waals surface area contributed by atoms with E-state index in [0.717, 1.165) is 16.0 Å². The monoisotopic (exact) mass is 222 g/mol. The average Bonchev–Trinajstić information content (AvgIpc) is 2.24. The summed E-state index contributed by atoms with van der Waals surface area (Å²) in [6.07, 6.45) is 0. The molecule has 0 atom stereocenters. The third-order valence-corrected chi connectivity index (χ3v) is 3.10. The van der Waals surface area contributed by atoms with E-state index in [0.29, 0.717) is 11.9 Å². The Morgan fingerprint density at radius 1 is 1.27 bits per heavy atom. The van der Waals surface area contributed by atoms with Crippen LogP contribution in [0.4, 0.5) is 0 Å². The second-order valence-corrected chi connectivity index (χ2v) is 4.10. The topological polar surface area (TPSA) is 65.1 Å². The standard InChI is InChI=1S/C10H10N2O2S/c11-5-6-12-9(13)7-3-1-2-4-8(7)15-10(12)14/h1-4H,5-6,11H2. The molecule has 15 heavy (non-hydrogen) atoms. The molecular formula is C10H10N2O2S. The molecule has 1 heterocycles. The van der Waals surface area contributed by atoms with Crippen molar-refractivity contribution in [1.29, 1.82) is 0 Å². The number of hydrogen-bond donors (Lipinski definition) is 1. The van der Waals surface area contributed by atoms with Gasteiger partial charge in [-0.3, -0.25) is 14.2 Å². The van der Waals surface area contributed by atoms with Gasteiger partial charge in [0.25, 0.3) is 5.56 Å². The molecule has 1 aromatic carbocycles. The number of rotatable bonds is 2. The molecule has 0 amide bonds. The van der Waals surface area contributed by atoms with Gasteiger partial charge in [-0.05, 0) is 12.1 Å². The second kappa shape index (κ2) is 3.96. The molecule has 0 aliphatic carbocycles. The summed E-state index contributed by atoms with van der Waals surface area (Å²) in [5, 5.41) is 0.579. The van der Waals surface area contributed by atoms with Crippen molar-refractivity contribution < 1.29 is 0 Å². The molecule has 0 bridgehead atoms. The molecule has 0 aliphatic heterocycles. The Bertz CT molecular complexity index is 600. The van der Waals surface area contributed by atoms with Crippen LogP contribution >= 0.6 is 11.3 Å². The van der Waals surface area contributed by atoms with Crippen LogP contribution in [0.3, 0.4) is 0 Å². The van der Waals surface area contributed by atoms with Gasteiger partial charge in [-0.1, -0.05) is 23.5 Å². The maximum Gasteiger partial charge on any atom is 0.310 e. The molecule has 0 radical (unpaired) electrons. The van der Waals surface area contributed by atoms with Crippen molar-refractivity contribution in [3.8, 4) is 0 Å². The van der Waals surface area contributed by atoms with Gasteiger partial charge >= 0.3 is 4.87 Å². The van der Waals surface area contributed by atoms with Crippen LogP contribution in [-0.4, -0.2) is 11.1 Å². The lowest BCUT2D eigenvalue weighted by Crippen LogP contribution is -2.33. The smallest absolute Gasteiger partial charge is 0.310 e. The number of benzene rings is 1. The van der Waals surface area contributed by atoms with E-state index in [1.54, 1.807) is 18.2 Å². The van der Waals surface area contributed by atoms with Gasteiger partial charge in [-0.2, -0.15) is 0 Å². The minimum Gasteiger partial charge on any atom is -0.329 e. The molecule has 78 valence electrons. The highest BCUT2D eigenvalue weighted by Gasteiger charge is 2.05. The van der Waals surface area contributed by atoms with E-state index in [-0.39, 0.29) is 17.0 Å². The first-order chi connectivity index (χ1) is 7.24. The van der Waals surface area contributed by atoms with E-state index >= 15 is 0 Å². The zero-order valence-electron chi connectivity index (χ0n) is 7.97. The second-order valence-electron chi connectivity index (χ2n) is 3.11. The van der Waals surface area contributed by atoms with Crippen LogP contribution in [0.1, 0.15) is 0 Å². The molecule has 0 saturated heterocycles. The molecule has 1 aromatic heterocycles. The Kier molecular flexibility index (Phi) is 2.66. The molecule has 5 heteroatoms. The zero-order valence-corrected chi connectivity index (χ0v) is 8.79. The number of fused-ring (bicyclic) bond motifs is 1. The molecule has 0 fully saturated rings. The number of nitrogens with zero attached hydrogens (tertiary/aromatic N) is 1. The predicted octanol–water partition coefficient (Wildman–Crippen LogP) is 0.382. The lowest BCUT2D eigenvalue weighted by atomic mass is 10.3. The molecule has 0 spiro atoms. The van der Waals surface area contributed by atoms with Crippen LogP contribution in [0.25, 0.3) is 10.1 Å². The van der Waals surface area contributed by atoms with Crippen molar-refractivity contribution in [1.82, 2.24) is 4.57 Å². The maximum atomic E-state index is 11.9. The van der Waals surface area contributed by atoms with Crippen molar-refractivity contribution in [2.75, 3.05) is 6.54 Å². The largest absolute Gasteiger partial charge is 0.329 e. The molecule has 2 aromatic rings. The maximum absolute atomic E-state index is 11.9. The summed E-state index contributed by atoms with van der Waals surface area (Å²) in [6, 6.07) is 7.09. The number of aromatic nitrogens is 1. The fourth-order valence-corrected chi connectivity index (χ4v) is 2.32. The van der Waals surface area contributed by atoms with Crippen molar-refractivity contribution in [2.45, 2.75) is 6.54 Å². The van der Waals surface area contributed by atoms with E-state index in [1.165, 1.54) is 4.57 Å². The van der Waals surface area contributed by atoms with Gasteiger partial charge in [0.15, 0.2) is 0 Å². The van der Waals surface area contributed by atoms with E-state index < -0.39 is 0 Å². The third-order valence-electron chi connectivity index (χ3n) is 2.13. The summed E-state index contributed by atoms with van der Waals surface area (Å²) in [6.45, 7) is 0.569. The molecule has 2 rings (SSSR count). The van der Waals surface area contributed by atoms with E-state index in [2.05, 4.69) is 0 Å². The lowest BCUT2D eigenvalue weighted by Gasteiger charge is -2.02. The van der Waals surface area contributed by atoms with Gasteiger partial charge in [0.2, 0.25) is 0 Å². The van der Waals surface area contributed by atoms with Gasteiger partial charge in [0.1, 0.15) is 0 Å². The summed E-state index contributed by atoms with van der Waals surface area (Å²) in [4.78, 5) is 23.2. The van der Waals surface area contributed by atoms with Crippen LogP contribution in [0.15, 0.2) is 33.9 Å². The lowest BCUT2D eigenvalue weighted by molar-refractivity contribution is 0.675. The van der Waals surface area contributed by atoms with Crippen molar-refractivity contribution in [2.24, 2.45) is 5.73 Å². The molecule has 0 saturated carbocycles. The fraction of sp³-hybridized carbons (Fsp3) is 0.200. The Labute approximate surface area is 89.6 Å². The van der Waals surface area contributed by atoms with Gasteiger partial charge < -0.3 is 5.73 Å². The zero-order chi connectivity index (χ0) is 10.8. The Morgan fingerprint density at radius 3 is 2.73 bits per heavy atom. The van der Waals surface area contributed by atoms with Crippen LogP contribution in [0.5, 0.6) is 0 Å². The quantitative estimate of drug-likeness (QED) is 0.799. The normalized spacial score (nSPS) is 10.7. The highest BCUT2D eigenvalue weighted by atomic mass is 32.1. The first-order valence-corrected chi connectivity index (χ1v) is 5.38. The average molecular weight is 222 g/mol. The van der Waals surface area contributed by atoms with E-state index in [4.69, 9.17) is 5.73 Å². The van der Waals surface area contributed by atoms with E-state index in [1.807, 2.05) is 6.07 Å². The van der Waals surface area contributed by atoms with Crippen LogP contribution in [-0.2, 0) is 6.54 Å². The Balaban J connectivity index is 2.85. The van der Waals surface area contributed by atoms with Crippen LogP contribution in [0, 0.1) is 0 Å². The molecule has 0 unspecified atom stereocenters. The first kappa shape index (κ1) is 10.1. The highest BCUT2D eigenvalue weighted by Crippen LogP contribution is 2.10. The fourth-order valence-electron chi connectivity index (χ4n) is 1.43. The molecule has 4 nitrogen and oxygen atoms in total. The summed E-state index contributed by atoms with van der Waals surface area (Å²) in [5.74, 6) is 0. The van der Waals surface area contributed by atoms with Crippen molar-refractivity contribution in [3.63, 3.8) is 0 Å². The van der Waals surface area contributed by atoms with Crippen LogP contribution < -0.4 is 16.2 Å². The Morgan fingerprint density at radius 2 is 2.00 bits per heavy atom. The van der Waals surface area contributed by atoms with Gasteiger partial charge in [0.05, 0.1) is 5.39 Å². The molecule has 0 aliphatic rings. The van der Waals surface area contributed by atoms with Gasteiger partial charge in [-0.15, -0.1) is 0 Å². The minimum absolute atomic E-state index is 0.246. The summed E-state index contributed by atoms with van der Waals surface area (Å²) in [5.41, 5.74) is 5.10. The summed E-state index contributed by atoms with van der Waals surface area (Å²) >= 11 is 1.07. The molecular weight excluding hydrogens is 212 g/mol. The summed E-state index contributed by atoms with van der Waals surface area (Å²) in [7, 11) is 0. The van der Waals surface area contributed by atoms with Crippen molar-refractivity contribution >= 4 is 21.4 Å². The number of hydrogen-bond acceptors (Lipinski definition) is 4. The van der Waals surface area contributed by atoms with Crippen molar-refractivity contribution in [3.05, 3.63) is 44.3 Å². The summed E-state index contributed by atoms with van der Waals surface area (Å²) < 4.78 is 1.91. The highest BCUT2D eigenvalue weighted by molar-refractivity contribution is 7.16. The minimum atomic E-state index is -0.250. The first-order valence-electron chi connectivity index (χ1n) is 4.57. The van der Waals surface area contributed by atoms with E-state index in [9.17, 15) is 9.59 Å². The Hall–Kier alpha value is -1.46. The SMILES string of the molecule is NCCn1c(=O)sc2ccccc2c1=O. The van der Waals surface area contributed by atoms with Crippen LogP contribution in [0.2, 0.25) is 0 Å².